The van der Waals surface area contributed by atoms with Gasteiger partial charge in [0.15, 0.2) is 23.2 Å². The van der Waals surface area contributed by atoms with Gasteiger partial charge in [-0.15, -0.1) is 12.4 Å². The first kappa shape index (κ1) is 21.4. The number of likely N-dealkylation sites (tertiary alicyclic amines) is 1. The molecule has 1 fully saturated rings. The summed E-state index contributed by atoms with van der Waals surface area (Å²) >= 11 is 0. The van der Waals surface area contributed by atoms with Gasteiger partial charge in [0.25, 0.3) is 0 Å². The third-order valence-corrected chi connectivity index (χ3v) is 4.88. The molecule has 2 heterocycles. The SMILES string of the molecule is CN1CCC(Cc2cccc(CC(=O)c3ccc(F)c(F)c3F)n2)CC1.Cl. The molecule has 146 valence electrons. The number of benzene rings is 1. The van der Waals surface area contributed by atoms with Crippen molar-refractivity contribution in [1.29, 1.82) is 0 Å². The minimum atomic E-state index is -1.63. The van der Waals surface area contributed by atoms with E-state index in [2.05, 4.69) is 16.9 Å². The summed E-state index contributed by atoms with van der Waals surface area (Å²) in [5, 5.41) is 0. The number of carbonyl (C=O) groups excluding carboxylic acids is 1. The zero-order valence-corrected chi connectivity index (χ0v) is 15.9. The van der Waals surface area contributed by atoms with Gasteiger partial charge >= 0.3 is 0 Å². The Morgan fingerprint density at radius 2 is 1.74 bits per heavy atom. The zero-order valence-electron chi connectivity index (χ0n) is 15.1. The van der Waals surface area contributed by atoms with E-state index in [1.54, 1.807) is 6.07 Å². The highest BCUT2D eigenvalue weighted by Crippen LogP contribution is 2.21. The number of rotatable bonds is 5. The lowest BCUT2D eigenvalue weighted by Gasteiger charge is -2.28. The van der Waals surface area contributed by atoms with E-state index in [1.165, 1.54) is 0 Å². The molecule has 3 rings (SSSR count). The molecular weight excluding hydrogens is 377 g/mol. The van der Waals surface area contributed by atoms with Gasteiger partial charge < -0.3 is 4.90 Å². The van der Waals surface area contributed by atoms with E-state index in [0.29, 0.717) is 11.6 Å². The van der Waals surface area contributed by atoms with Gasteiger partial charge in [-0.3, -0.25) is 9.78 Å². The highest BCUT2D eigenvalue weighted by Gasteiger charge is 2.20. The van der Waals surface area contributed by atoms with Crippen LogP contribution in [0, 0.1) is 23.4 Å². The summed E-state index contributed by atoms with van der Waals surface area (Å²) in [4.78, 5) is 19.1. The van der Waals surface area contributed by atoms with Crippen LogP contribution in [-0.2, 0) is 12.8 Å². The molecule has 3 nitrogen and oxygen atoms in total. The van der Waals surface area contributed by atoms with Crippen LogP contribution in [0.4, 0.5) is 13.2 Å². The number of pyridine rings is 1. The maximum atomic E-state index is 13.8. The first-order chi connectivity index (χ1) is 12.4. The molecule has 0 atom stereocenters. The third-order valence-electron chi connectivity index (χ3n) is 4.88. The van der Waals surface area contributed by atoms with Crippen molar-refractivity contribution >= 4 is 18.2 Å². The van der Waals surface area contributed by atoms with Crippen LogP contribution in [0.2, 0.25) is 0 Å². The normalized spacial score (nSPS) is 15.4. The van der Waals surface area contributed by atoms with Crippen molar-refractivity contribution in [2.45, 2.75) is 25.7 Å². The number of hydrogen-bond donors (Lipinski definition) is 0. The van der Waals surface area contributed by atoms with Gasteiger partial charge in [-0.1, -0.05) is 6.07 Å². The lowest BCUT2D eigenvalue weighted by atomic mass is 9.92. The Balaban J connectivity index is 0.00000261. The second kappa shape index (κ2) is 9.33. The number of halogens is 4. The van der Waals surface area contributed by atoms with Gasteiger partial charge in [0.1, 0.15) is 0 Å². The Morgan fingerprint density at radius 1 is 1.07 bits per heavy atom. The van der Waals surface area contributed by atoms with Gasteiger partial charge in [0.05, 0.1) is 12.0 Å². The Morgan fingerprint density at radius 3 is 2.44 bits per heavy atom. The molecule has 1 aliphatic rings. The van der Waals surface area contributed by atoms with Gasteiger partial charge in [-0.25, -0.2) is 13.2 Å². The molecule has 27 heavy (non-hydrogen) atoms. The second-order valence-corrected chi connectivity index (χ2v) is 6.89. The first-order valence-corrected chi connectivity index (χ1v) is 8.74. The minimum absolute atomic E-state index is 0. The predicted molar refractivity (Wildman–Crippen MR) is 99.8 cm³/mol. The van der Waals surface area contributed by atoms with E-state index in [9.17, 15) is 18.0 Å². The van der Waals surface area contributed by atoms with Gasteiger partial charge in [0, 0.05) is 11.4 Å². The Labute approximate surface area is 163 Å². The van der Waals surface area contributed by atoms with Crippen molar-refractivity contribution in [3.05, 3.63) is 64.7 Å². The summed E-state index contributed by atoms with van der Waals surface area (Å²) in [6, 6.07) is 7.16. The number of piperidine rings is 1. The monoisotopic (exact) mass is 398 g/mol. The number of Topliss-reactive ketones (excluding diaryl/α,β-unsaturated/α-hetero) is 1. The molecule has 7 heteroatoms. The maximum Gasteiger partial charge on any atom is 0.195 e. The van der Waals surface area contributed by atoms with Crippen LogP contribution in [0.5, 0.6) is 0 Å². The third kappa shape index (κ3) is 5.30. The second-order valence-electron chi connectivity index (χ2n) is 6.89. The highest BCUT2D eigenvalue weighted by molar-refractivity contribution is 5.97. The van der Waals surface area contributed by atoms with Crippen LogP contribution in [-0.4, -0.2) is 35.8 Å². The van der Waals surface area contributed by atoms with Crippen LogP contribution < -0.4 is 0 Å². The van der Waals surface area contributed by atoms with E-state index >= 15 is 0 Å². The summed E-state index contributed by atoms with van der Waals surface area (Å²) < 4.78 is 40.1. The topological polar surface area (TPSA) is 33.2 Å². The standard InChI is InChI=1S/C20H21F3N2O.ClH/c1-25-9-7-13(8-10-25)11-14-3-2-4-15(24-14)12-18(26)16-5-6-17(21)20(23)19(16)22;/h2-6,13H,7-12H2,1H3;1H. The first-order valence-electron chi connectivity index (χ1n) is 8.74. The van der Waals surface area contributed by atoms with Crippen molar-refractivity contribution in [2.24, 2.45) is 5.92 Å². The Kier molecular flexibility index (Phi) is 7.39. The van der Waals surface area contributed by atoms with E-state index in [4.69, 9.17) is 0 Å². The minimum Gasteiger partial charge on any atom is -0.306 e. The number of ketones is 1. The summed E-state index contributed by atoms with van der Waals surface area (Å²) in [6.07, 6.45) is 2.92. The summed E-state index contributed by atoms with van der Waals surface area (Å²) in [6.45, 7) is 2.14. The van der Waals surface area contributed by atoms with E-state index in [1.807, 2.05) is 12.1 Å². The van der Waals surface area contributed by atoms with Gasteiger partial charge in [-0.2, -0.15) is 0 Å². The molecule has 0 radical (unpaired) electrons. The number of aromatic nitrogens is 1. The fraction of sp³-hybridized carbons (Fsp3) is 0.400. The van der Waals surface area contributed by atoms with E-state index in [0.717, 1.165) is 50.2 Å². The lowest BCUT2D eigenvalue weighted by molar-refractivity contribution is 0.0986. The lowest BCUT2D eigenvalue weighted by Crippen LogP contribution is -2.31. The zero-order chi connectivity index (χ0) is 18.7. The fourth-order valence-electron chi connectivity index (χ4n) is 3.30. The quantitative estimate of drug-likeness (QED) is 0.558. The molecular formula is C20H22ClF3N2O. The molecule has 0 bridgehead atoms. The Bertz CT molecular complexity index is 808. The van der Waals surface area contributed by atoms with Crippen molar-refractivity contribution in [3.63, 3.8) is 0 Å². The van der Waals surface area contributed by atoms with Crippen LogP contribution in [0.1, 0.15) is 34.6 Å². The molecule has 2 aromatic rings. The molecule has 0 aliphatic carbocycles. The molecule has 0 saturated carbocycles. The Hall–Kier alpha value is -1.92. The van der Waals surface area contributed by atoms with Crippen molar-refractivity contribution < 1.29 is 18.0 Å². The van der Waals surface area contributed by atoms with Crippen LogP contribution in [0.15, 0.2) is 30.3 Å². The van der Waals surface area contributed by atoms with Crippen molar-refractivity contribution in [3.8, 4) is 0 Å². The maximum absolute atomic E-state index is 13.8. The number of carbonyl (C=O) groups is 1. The summed E-state index contributed by atoms with van der Waals surface area (Å²) in [7, 11) is 2.11. The molecule has 1 saturated heterocycles. The molecule has 1 aromatic carbocycles. The average molecular weight is 399 g/mol. The molecule has 0 unspecified atom stereocenters. The van der Waals surface area contributed by atoms with E-state index < -0.39 is 28.8 Å². The molecule has 1 aromatic heterocycles. The van der Waals surface area contributed by atoms with Crippen molar-refractivity contribution in [2.75, 3.05) is 20.1 Å². The summed E-state index contributed by atoms with van der Waals surface area (Å²) in [5.74, 6) is -4.44. The van der Waals surface area contributed by atoms with E-state index in [-0.39, 0.29) is 18.8 Å². The van der Waals surface area contributed by atoms with Crippen LogP contribution in [0.25, 0.3) is 0 Å². The van der Waals surface area contributed by atoms with Crippen LogP contribution >= 0.6 is 12.4 Å². The average Bonchev–Trinajstić information content (AvgIpc) is 2.62. The largest absolute Gasteiger partial charge is 0.306 e. The van der Waals surface area contributed by atoms with Crippen LogP contribution in [0.3, 0.4) is 0 Å². The highest BCUT2D eigenvalue weighted by atomic mass is 35.5. The number of hydrogen-bond acceptors (Lipinski definition) is 3. The smallest absolute Gasteiger partial charge is 0.195 e. The van der Waals surface area contributed by atoms with Gasteiger partial charge in [0.2, 0.25) is 0 Å². The van der Waals surface area contributed by atoms with Gasteiger partial charge in [-0.05, 0) is 69.6 Å². The number of nitrogens with zero attached hydrogens (tertiary/aromatic N) is 2. The molecule has 0 N–H and O–H groups in total. The molecule has 1 aliphatic heterocycles. The fourth-order valence-corrected chi connectivity index (χ4v) is 3.30. The van der Waals surface area contributed by atoms with Crippen molar-refractivity contribution in [1.82, 2.24) is 9.88 Å². The predicted octanol–water partition coefficient (Wildman–Crippen LogP) is 4.23. The molecule has 0 spiro atoms. The summed E-state index contributed by atoms with van der Waals surface area (Å²) in [5.41, 5.74) is 0.951. The molecule has 0 amide bonds.